The molecule has 1 fully saturated rings. The molecule has 0 amide bonds. The van der Waals surface area contributed by atoms with Crippen LogP contribution in [0.25, 0.3) is 0 Å². The molecule has 0 bridgehead atoms. The number of nitrogens with one attached hydrogen (secondary N) is 1. The summed E-state index contributed by atoms with van der Waals surface area (Å²) in [5.74, 6) is 1.37. The zero-order valence-corrected chi connectivity index (χ0v) is 11.9. The predicted molar refractivity (Wildman–Crippen MR) is 71.4 cm³/mol. The number of hydrogen-bond donors (Lipinski definition) is 1. The molecule has 3 atom stereocenters. The third-order valence-corrected chi connectivity index (χ3v) is 3.80. The number of rotatable bonds is 7. The van der Waals surface area contributed by atoms with Crippen molar-refractivity contribution in [3.05, 3.63) is 0 Å². The van der Waals surface area contributed by atoms with Crippen LogP contribution >= 0.6 is 0 Å². The van der Waals surface area contributed by atoms with Crippen molar-refractivity contribution in [2.75, 3.05) is 26.4 Å². The van der Waals surface area contributed by atoms with E-state index < -0.39 is 0 Å². The average Bonchev–Trinajstić information content (AvgIpc) is 2.33. The van der Waals surface area contributed by atoms with E-state index in [4.69, 9.17) is 9.47 Å². The number of esters is 1. The summed E-state index contributed by atoms with van der Waals surface area (Å²) in [6, 6.07) is 0.613. The van der Waals surface area contributed by atoms with Crippen LogP contribution in [0, 0.1) is 11.8 Å². The number of carbonyl (C=O) groups is 1. The van der Waals surface area contributed by atoms with Gasteiger partial charge in [-0.25, -0.2) is 4.79 Å². The van der Waals surface area contributed by atoms with Crippen molar-refractivity contribution in [1.82, 2.24) is 5.32 Å². The van der Waals surface area contributed by atoms with Crippen LogP contribution in [0.3, 0.4) is 0 Å². The predicted octanol–water partition coefficient (Wildman–Crippen LogP) is 1.98. The molecule has 1 saturated carbocycles. The van der Waals surface area contributed by atoms with Crippen LogP contribution in [-0.4, -0.2) is 38.4 Å². The van der Waals surface area contributed by atoms with E-state index in [0.29, 0.717) is 19.3 Å². The second-order valence-electron chi connectivity index (χ2n) is 5.28. The Labute approximate surface area is 110 Å². The second kappa shape index (κ2) is 8.48. The summed E-state index contributed by atoms with van der Waals surface area (Å²) in [5, 5.41) is 3.50. The van der Waals surface area contributed by atoms with Crippen molar-refractivity contribution in [3.63, 3.8) is 0 Å². The summed E-state index contributed by atoms with van der Waals surface area (Å²) >= 11 is 0. The molecule has 0 aliphatic heterocycles. The van der Waals surface area contributed by atoms with E-state index in [1.54, 1.807) is 6.92 Å². The molecule has 0 aromatic rings. The molecule has 0 aromatic carbocycles. The molecule has 0 heterocycles. The van der Waals surface area contributed by atoms with Crippen molar-refractivity contribution in [2.24, 2.45) is 11.8 Å². The van der Waals surface area contributed by atoms with Gasteiger partial charge in [-0.2, -0.15) is 0 Å². The maximum absolute atomic E-state index is 11.0. The quantitative estimate of drug-likeness (QED) is 0.559. The standard InChI is InChI=1S/C14H27NO3/c1-4-18-14(16)10-17-8-7-15-13-6-5-11(2)12(3)9-13/h11-13,15H,4-10H2,1-3H3. The van der Waals surface area contributed by atoms with Crippen LogP contribution in [0.15, 0.2) is 0 Å². The molecular weight excluding hydrogens is 230 g/mol. The van der Waals surface area contributed by atoms with Crippen molar-refractivity contribution >= 4 is 5.97 Å². The van der Waals surface area contributed by atoms with Crippen LogP contribution in [0.1, 0.15) is 40.0 Å². The average molecular weight is 257 g/mol. The molecule has 4 nitrogen and oxygen atoms in total. The Kier molecular flexibility index (Phi) is 7.28. The Morgan fingerprint density at radius 1 is 1.28 bits per heavy atom. The SMILES string of the molecule is CCOC(=O)COCCNC1CCC(C)C(C)C1. The molecule has 3 unspecified atom stereocenters. The van der Waals surface area contributed by atoms with Gasteiger partial charge in [-0.3, -0.25) is 0 Å². The molecule has 18 heavy (non-hydrogen) atoms. The lowest BCUT2D eigenvalue weighted by Gasteiger charge is -2.32. The highest BCUT2D eigenvalue weighted by Crippen LogP contribution is 2.29. The fourth-order valence-corrected chi connectivity index (χ4v) is 2.43. The zero-order chi connectivity index (χ0) is 13.4. The van der Waals surface area contributed by atoms with Gasteiger partial charge in [-0.15, -0.1) is 0 Å². The van der Waals surface area contributed by atoms with Gasteiger partial charge in [0.2, 0.25) is 0 Å². The van der Waals surface area contributed by atoms with Crippen LogP contribution in [-0.2, 0) is 14.3 Å². The number of ether oxygens (including phenoxy) is 2. The first-order chi connectivity index (χ1) is 8.63. The molecule has 1 N–H and O–H groups in total. The number of carbonyl (C=O) groups excluding carboxylic acids is 1. The lowest BCUT2D eigenvalue weighted by molar-refractivity contribution is -0.148. The van der Waals surface area contributed by atoms with E-state index >= 15 is 0 Å². The van der Waals surface area contributed by atoms with Gasteiger partial charge in [0.15, 0.2) is 0 Å². The summed E-state index contributed by atoms with van der Waals surface area (Å²) in [7, 11) is 0. The summed E-state index contributed by atoms with van der Waals surface area (Å²) in [5.41, 5.74) is 0. The van der Waals surface area contributed by atoms with Gasteiger partial charge in [0.25, 0.3) is 0 Å². The fourth-order valence-electron chi connectivity index (χ4n) is 2.43. The fraction of sp³-hybridized carbons (Fsp3) is 0.929. The highest BCUT2D eigenvalue weighted by atomic mass is 16.6. The van der Waals surface area contributed by atoms with Crippen molar-refractivity contribution in [2.45, 2.75) is 46.1 Å². The molecule has 1 aliphatic rings. The molecule has 1 rings (SSSR count). The van der Waals surface area contributed by atoms with E-state index in [0.717, 1.165) is 18.4 Å². The lowest BCUT2D eigenvalue weighted by atomic mass is 9.79. The van der Waals surface area contributed by atoms with Gasteiger partial charge in [0, 0.05) is 12.6 Å². The molecular formula is C14H27NO3. The van der Waals surface area contributed by atoms with Crippen LogP contribution < -0.4 is 5.32 Å². The monoisotopic (exact) mass is 257 g/mol. The van der Waals surface area contributed by atoms with Crippen LogP contribution in [0.2, 0.25) is 0 Å². The van der Waals surface area contributed by atoms with Gasteiger partial charge in [-0.1, -0.05) is 13.8 Å². The van der Waals surface area contributed by atoms with Gasteiger partial charge in [0.1, 0.15) is 6.61 Å². The smallest absolute Gasteiger partial charge is 0.332 e. The maximum Gasteiger partial charge on any atom is 0.332 e. The Morgan fingerprint density at radius 3 is 2.72 bits per heavy atom. The highest BCUT2D eigenvalue weighted by Gasteiger charge is 2.23. The molecule has 0 radical (unpaired) electrons. The minimum Gasteiger partial charge on any atom is -0.464 e. The summed E-state index contributed by atoms with van der Waals surface area (Å²) in [6.45, 7) is 8.32. The Morgan fingerprint density at radius 2 is 2.06 bits per heavy atom. The van der Waals surface area contributed by atoms with Gasteiger partial charge in [0.05, 0.1) is 13.2 Å². The molecule has 1 aliphatic carbocycles. The van der Waals surface area contributed by atoms with E-state index in [1.165, 1.54) is 19.3 Å². The first kappa shape index (κ1) is 15.4. The van der Waals surface area contributed by atoms with Gasteiger partial charge >= 0.3 is 5.97 Å². The van der Waals surface area contributed by atoms with E-state index in [-0.39, 0.29) is 12.6 Å². The first-order valence-corrected chi connectivity index (χ1v) is 7.10. The Hall–Kier alpha value is -0.610. The molecule has 0 spiro atoms. The minimum atomic E-state index is -0.280. The molecule has 0 aromatic heterocycles. The second-order valence-corrected chi connectivity index (χ2v) is 5.28. The largest absolute Gasteiger partial charge is 0.464 e. The van der Waals surface area contributed by atoms with Gasteiger partial charge in [-0.05, 0) is 38.0 Å². The summed E-state index contributed by atoms with van der Waals surface area (Å²) in [4.78, 5) is 11.0. The number of hydrogen-bond acceptors (Lipinski definition) is 4. The maximum atomic E-state index is 11.0. The van der Waals surface area contributed by atoms with Crippen molar-refractivity contribution in [1.29, 1.82) is 0 Å². The topological polar surface area (TPSA) is 47.6 Å². The lowest BCUT2D eigenvalue weighted by Crippen LogP contribution is -2.38. The first-order valence-electron chi connectivity index (χ1n) is 7.10. The molecule has 106 valence electrons. The summed E-state index contributed by atoms with van der Waals surface area (Å²) in [6.07, 6.45) is 3.81. The zero-order valence-electron chi connectivity index (χ0n) is 11.9. The van der Waals surface area contributed by atoms with Crippen LogP contribution in [0.4, 0.5) is 0 Å². The van der Waals surface area contributed by atoms with Crippen LogP contribution in [0.5, 0.6) is 0 Å². The third kappa shape index (κ3) is 5.83. The van der Waals surface area contributed by atoms with Crippen molar-refractivity contribution < 1.29 is 14.3 Å². The minimum absolute atomic E-state index is 0.0631. The normalized spacial score (nSPS) is 28.1. The van der Waals surface area contributed by atoms with E-state index in [2.05, 4.69) is 19.2 Å². The summed E-state index contributed by atoms with van der Waals surface area (Å²) < 4.78 is 10.0. The molecule has 4 heteroatoms. The third-order valence-electron chi connectivity index (χ3n) is 3.80. The highest BCUT2D eigenvalue weighted by molar-refractivity contribution is 5.70. The Bertz CT molecular complexity index is 245. The molecule has 0 saturated heterocycles. The van der Waals surface area contributed by atoms with Gasteiger partial charge < -0.3 is 14.8 Å². The van der Waals surface area contributed by atoms with E-state index in [9.17, 15) is 4.79 Å². The van der Waals surface area contributed by atoms with E-state index in [1.807, 2.05) is 0 Å². The Balaban J connectivity index is 1.99. The van der Waals surface area contributed by atoms with Crippen molar-refractivity contribution in [3.8, 4) is 0 Å².